The smallest absolute Gasteiger partial charge is 0.312 e. The van der Waals surface area contributed by atoms with Gasteiger partial charge in [-0.3, -0.25) is 14.6 Å². The molecule has 0 spiro atoms. The molecule has 3 rings (SSSR count). The van der Waals surface area contributed by atoms with Crippen LogP contribution in [0.4, 0.5) is 5.69 Å². The summed E-state index contributed by atoms with van der Waals surface area (Å²) in [7, 11) is 0. The van der Waals surface area contributed by atoms with Crippen LogP contribution in [-0.2, 0) is 16.0 Å². The molecule has 5 nitrogen and oxygen atoms in total. The zero-order valence-corrected chi connectivity index (χ0v) is 11.3. The Morgan fingerprint density at radius 3 is 2.62 bits per heavy atom. The van der Waals surface area contributed by atoms with Crippen molar-refractivity contribution in [3.05, 3.63) is 59.9 Å². The lowest BCUT2D eigenvalue weighted by Crippen LogP contribution is -2.32. The minimum absolute atomic E-state index is 0.0996. The largest absolute Gasteiger partial charge is 0.481 e. The molecule has 0 fully saturated rings. The maximum atomic E-state index is 12.5. The molecule has 0 saturated carbocycles. The van der Waals surface area contributed by atoms with Crippen LogP contribution in [0.25, 0.3) is 0 Å². The van der Waals surface area contributed by atoms with E-state index in [2.05, 4.69) is 4.98 Å². The maximum absolute atomic E-state index is 12.5. The topological polar surface area (TPSA) is 70.5 Å². The quantitative estimate of drug-likeness (QED) is 0.932. The summed E-state index contributed by atoms with van der Waals surface area (Å²) in [5.41, 5.74) is 2.27. The van der Waals surface area contributed by atoms with Gasteiger partial charge in [-0.25, -0.2) is 0 Å². The van der Waals surface area contributed by atoms with Gasteiger partial charge >= 0.3 is 5.97 Å². The van der Waals surface area contributed by atoms with Crippen molar-refractivity contribution in [1.29, 1.82) is 0 Å². The summed E-state index contributed by atoms with van der Waals surface area (Å²) in [6.45, 7) is 0.193. The third kappa shape index (κ3) is 2.50. The van der Waals surface area contributed by atoms with E-state index in [1.165, 1.54) is 0 Å². The fourth-order valence-corrected chi connectivity index (χ4v) is 2.63. The number of anilines is 1. The molecule has 1 aliphatic rings. The van der Waals surface area contributed by atoms with Gasteiger partial charge in [0.05, 0.1) is 6.42 Å². The van der Waals surface area contributed by atoms with Crippen LogP contribution >= 0.6 is 0 Å². The van der Waals surface area contributed by atoms with Crippen LogP contribution in [0, 0.1) is 0 Å². The molecule has 1 aliphatic heterocycles. The first-order valence-electron chi connectivity index (χ1n) is 6.68. The highest BCUT2D eigenvalue weighted by molar-refractivity contribution is 5.99. The van der Waals surface area contributed by atoms with Gasteiger partial charge in [0.15, 0.2) is 0 Å². The third-order valence-corrected chi connectivity index (χ3v) is 3.67. The van der Waals surface area contributed by atoms with Crippen molar-refractivity contribution in [2.24, 2.45) is 0 Å². The van der Waals surface area contributed by atoms with Gasteiger partial charge in [-0.05, 0) is 29.3 Å². The summed E-state index contributed by atoms with van der Waals surface area (Å²) in [5.74, 6) is -1.65. The summed E-state index contributed by atoms with van der Waals surface area (Å²) in [4.78, 5) is 29.3. The van der Waals surface area contributed by atoms with E-state index < -0.39 is 11.9 Å². The van der Waals surface area contributed by atoms with Crippen LogP contribution in [0.5, 0.6) is 0 Å². The van der Waals surface area contributed by atoms with E-state index in [1.807, 2.05) is 6.07 Å². The van der Waals surface area contributed by atoms with Gasteiger partial charge in [-0.2, -0.15) is 0 Å². The Morgan fingerprint density at radius 2 is 1.90 bits per heavy atom. The van der Waals surface area contributed by atoms with Crippen molar-refractivity contribution in [3.63, 3.8) is 0 Å². The second-order valence-corrected chi connectivity index (χ2v) is 4.99. The number of fused-ring (bicyclic) bond motifs is 1. The van der Waals surface area contributed by atoms with Crippen LogP contribution in [0.1, 0.15) is 17.0 Å². The number of carboxylic acids is 1. The van der Waals surface area contributed by atoms with Gasteiger partial charge in [0, 0.05) is 24.6 Å². The van der Waals surface area contributed by atoms with Crippen molar-refractivity contribution < 1.29 is 14.7 Å². The summed E-state index contributed by atoms with van der Waals surface area (Å²) < 4.78 is 0. The molecule has 0 saturated heterocycles. The molecule has 1 unspecified atom stereocenters. The Balaban J connectivity index is 1.86. The average molecular weight is 282 g/mol. The van der Waals surface area contributed by atoms with Gasteiger partial charge in [0.1, 0.15) is 5.92 Å². The minimum atomic E-state index is -0.901. The summed E-state index contributed by atoms with van der Waals surface area (Å²) in [6.07, 6.45) is 3.52. The Kier molecular flexibility index (Phi) is 3.39. The first kappa shape index (κ1) is 13.3. The number of nitrogens with zero attached hydrogens (tertiary/aromatic N) is 2. The van der Waals surface area contributed by atoms with E-state index in [0.717, 1.165) is 5.56 Å². The van der Waals surface area contributed by atoms with E-state index in [1.54, 1.807) is 47.6 Å². The third-order valence-electron chi connectivity index (χ3n) is 3.67. The molecule has 5 heteroatoms. The highest BCUT2D eigenvalue weighted by Crippen LogP contribution is 2.36. The number of aromatic nitrogens is 1. The highest BCUT2D eigenvalue weighted by Gasteiger charge is 2.35. The lowest BCUT2D eigenvalue weighted by atomic mass is 10.0. The average Bonchev–Trinajstić information content (AvgIpc) is 2.88. The summed E-state index contributed by atoms with van der Waals surface area (Å²) in [5, 5.41) is 9.30. The van der Waals surface area contributed by atoms with Crippen molar-refractivity contribution in [1.82, 2.24) is 4.98 Å². The Hall–Kier alpha value is -2.69. The standard InChI is InChI=1S/C16H14N2O3/c19-15(9-11-5-7-17-8-6-11)18-10-13(16(20)21)12-3-1-2-4-14(12)18/h1-8,13H,9-10H2,(H,20,21). The molecule has 2 aromatic rings. The van der Waals surface area contributed by atoms with Crippen molar-refractivity contribution in [3.8, 4) is 0 Å². The van der Waals surface area contributed by atoms with E-state index in [-0.39, 0.29) is 18.9 Å². The molecule has 0 bridgehead atoms. The molecule has 21 heavy (non-hydrogen) atoms. The van der Waals surface area contributed by atoms with Crippen molar-refractivity contribution in [2.45, 2.75) is 12.3 Å². The van der Waals surface area contributed by atoms with E-state index >= 15 is 0 Å². The van der Waals surface area contributed by atoms with Crippen molar-refractivity contribution >= 4 is 17.6 Å². The number of rotatable bonds is 3. The molecule has 1 amide bonds. The van der Waals surface area contributed by atoms with Crippen LogP contribution in [0.15, 0.2) is 48.8 Å². The minimum Gasteiger partial charge on any atom is -0.481 e. The molecule has 1 atom stereocenters. The number of aliphatic carboxylic acids is 1. The fraction of sp³-hybridized carbons (Fsp3) is 0.188. The van der Waals surface area contributed by atoms with E-state index in [4.69, 9.17) is 0 Å². The second kappa shape index (κ2) is 5.36. The number of hydrogen-bond acceptors (Lipinski definition) is 3. The number of pyridine rings is 1. The van der Waals surface area contributed by atoms with E-state index in [0.29, 0.717) is 11.3 Å². The molecule has 1 aromatic heterocycles. The maximum Gasteiger partial charge on any atom is 0.312 e. The lowest BCUT2D eigenvalue weighted by Gasteiger charge is -2.17. The Labute approximate surface area is 121 Å². The van der Waals surface area contributed by atoms with Crippen LogP contribution in [0.2, 0.25) is 0 Å². The molecule has 1 N–H and O–H groups in total. The van der Waals surface area contributed by atoms with Crippen molar-refractivity contribution in [2.75, 3.05) is 11.4 Å². The predicted octanol–water partition coefficient (Wildman–Crippen LogP) is 1.84. The zero-order chi connectivity index (χ0) is 14.8. The van der Waals surface area contributed by atoms with Gasteiger partial charge in [-0.15, -0.1) is 0 Å². The summed E-state index contributed by atoms with van der Waals surface area (Å²) in [6, 6.07) is 10.8. The molecule has 2 heterocycles. The molecular weight excluding hydrogens is 268 g/mol. The summed E-state index contributed by atoms with van der Waals surface area (Å²) >= 11 is 0. The zero-order valence-electron chi connectivity index (χ0n) is 11.3. The van der Waals surface area contributed by atoms with Crippen LogP contribution < -0.4 is 4.90 Å². The number of hydrogen-bond donors (Lipinski definition) is 1. The fourth-order valence-electron chi connectivity index (χ4n) is 2.63. The Bertz CT molecular complexity index is 685. The van der Waals surface area contributed by atoms with Gasteiger partial charge < -0.3 is 10.0 Å². The molecule has 106 valence electrons. The number of carbonyl (C=O) groups excluding carboxylic acids is 1. The first-order chi connectivity index (χ1) is 10.2. The number of para-hydroxylation sites is 1. The number of carboxylic acid groups (broad SMARTS) is 1. The number of carbonyl (C=O) groups is 2. The highest BCUT2D eigenvalue weighted by atomic mass is 16.4. The van der Waals surface area contributed by atoms with Crippen LogP contribution in [0.3, 0.4) is 0 Å². The molecular formula is C16H14N2O3. The first-order valence-corrected chi connectivity index (χ1v) is 6.68. The number of benzene rings is 1. The van der Waals surface area contributed by atoms with E-state index in [9.17, 15) is 14.7 Å². The van der Waals surface area contributed by atoms with Gasteiger partial charge in [0.25, 0.3) is 0 Å². The molecule has 0 aliphatic carbocycles. The molecule has 0 radical (unpaired) electrons. The Morgan fingerprint density at radius 1 is 1.19 bits per heavy atom. The lowest BCUT2D eigenvalue weighted by molar-refractivity contribution is -0.138. The SMILES string of the molecule is O=C(O)C1CN(C(=O)Cc2ccncc2)c2ccccc21. The monoisotopic (exact) mass is 282 g/mol. The number of amides is 1. The van der Waals surface area contributed by atoms with Gasteiger partial charge in [0.2, 0.25) is 5.91 Å². The van der Waals surface area contributed by atoms with Crippen LogP contribution in [-0.4, -0.2) is 28.5 Å². The molecule has 1 aromatic carbocycles. The second-order valence-electron chi connectivity index (χ2n) is 4.99. The van der Waals surface area contributed by atoms with Gasteiger partial charge in [-0.1, -0.05) is 18.2 Å². The predicted molar refractivity (Wildman–Crippen MR) is 77.1 cm³/mol. The normalized spacial score (nSPS) is 16.6.